The first-order chi connectivity index (χ1) is 14.7. The molecule has 0 aliphatic heterocycles. The fourth-order valence-corrected chi connectivity index (χ4v) is 3.38. The predicted octanol–water partition coefficient (Wildman–Crippen LogP) is 4.61. The zero-order valence-corrected chi connectivity index (χ0v) is 19.6. The Hall–Kier alpha value is -2.88. The van der Waals surface area contributed by atoms with Gasteiger partial charge in [-0.3, -0.25) is 0 Å². The summed E-state index contributed by atoms with van der Waals surface area (Å²) < 4.78 is 13.3. The molecule has 6 nitrogen and oxygen atoms in total. The van der Waals surface area contributed by atoms with Crippen molar-refractivity contribution in [3.8, 4) is 11.3 Å². The maximum Gasteiger partial charge on any atom is 0.191 e. The van der Waals surface area contributed by atoms with Gasteiger partial charge in [0.25, 0.3) is 0 Å². The molecule has 2 aromatic carbocycles. The third kappa shape index (κ3) is 5.84. The van der Waals surface area contributed by atoms with Crippen LogP contribution in [-0.4, -0.2) is 34.0 Å². The van der Waals surface area contributed by atoms with E-state index in [4.69, 9.17) is 0 Å². The molecule has 0 spiro atoms. The van der Waals surface area contributed by atoms with Gasteiger partial charge in [0.15, 0.2) is 5.96 Å². The monoisotopic (exact) mass is 532 g/mol. The number of H-pyrrole nitrogens is 2. The molecule has 8 heteroatoms. The Labute approximate surface area is 197 Å². The van der Waals surface area contributed by atoms with Crippen LogP contribution in [-0.2, 0) is 13.0 Å². The molecule has 4 aromatic rings. The van der Waals surface area contributed by atoms with Gasteiger partial charge in [-0.05, 0) is 42.7 Å². The van der Waals surface area contributed by atoms with Crippen molar-refractivity contribution in [3.05, 3.63) is 78.1 Å². The van der Waals surface area contributed by atoms with E-state index in [9.17, 15) is 4.39 Å². The van der Waals surface area contributed by atoms with Crippen LogP contribution < -0.4 is 10.6 Å². The standard InChI is InChI=1S/C23H25FN6.HI/c1-2-25-23(26-11-10-17-13-27-20-12-18(24)8-9-19(17)20)29-15-22-28-14-21(30-22)16-6-4-3-5-7-16;/h3-9,12-14,27H,2,10-11,15H2,1H3,(H,28,30)(H2,25,26,29);1H. The first-order valence-corrected chi connectivity index (χ1v) is 10.1. The largest absolute Gasteiger partial charge is 0.361 e. The number of hydrogen-bond donors (Lipinski definition) is 4. The van der Waals surface area contributed by atoms with Crippen LogP contribution in [0.3, 0.4) is 0 Å². The lowest BCUT2D eigenvalue weighted by Crippen LogP contribution is -2.38. The van der Waals surface area contributed by atoms with E-state index in [-0.39, 0.29) is 29.8 Å². The van der Waals surface area contributed by atoms with Crippen LogP contribution in [0.4, 0.5) is 4.39 Å². The number of aromatic nitrogens is 3. The van der Waals surface area contributed by atoms with Gasteiger partial charge < -0.3 is 20.6 Å². The highest BCUT2D eigenvalue weighted by atomic mass is 127. The fourth-order valence-electron chi connectivity index (χ4n) is 3.38. The lowest BCUT2D eigenvalue weighted by atomic mass is 10.1. The summed E-state index contributed by atoms with van der Waals surface area (Å²) in [4.78, 5) is 15.5. The van der Waals surface area contributed by atoms with E-state index >= 15 is 0 Å². The van der Waals surface area contributed by atoms with Crippen LogP contribution in [0.25, 0.3) is 22.2 Å². The van der Waals surface area contributed by atoms with E-state index < -0.39 is 0 Å². The molecule has 0 fully saturated rings. The van der Waals surface area contributed by atoms with Crippen LogP contribution in [0.15, 0.2) is 65.9 Å². The van der Waals surface area contributed by atoms with Gasteiger partial charge in [0, 0.05) is 30.2 Å². The smallest absolute Gasteiger partial charge is 0.191 e. The highest BCUT2D eigenvalue weighted by Gasteiger charge is 2.06. The number of halogens is 2. The van der Waals surface area contributed by atoms with Crippen LogP contribution in [0, 0.1) is 5.82 Å². The van der Waals surface area contributed by atoms with Crippen molar-refractivity contribution in [2.75, 3.05) is 13.1 Å². The van der Waals surface area contributed by atoms with Crippen LogP contribution in [0.2, 0.25) is 0 Å². The Morgan fingerprint density at radius 3 is 2.77 bits per heavy atom. The molecule has 0 atom stereocenters. The minimum Gasteiger partial charge on any atom is -0.361 e. The third-order valence-corrected chi connectivity index (χ3v) is 4.86. The molecule has 4 N–H and O–H groups in total. The maximum atomic E-state index is 13.3. The fraction of sp³-hybridized carbons (Fsp3) is 0.217. The van der Waals surface area contributed by atoms with Gasteiger partial charge in [0.05, 0.1) is 11.9 Å². The summed E-state index contributed by atoms with van der Waals surface area (Å²) in [6.07, 6.45) is 4.57. The molecule has 162 valence electrons. The molecule has 2 heterocycles. The van der Waals surface area contributed by atoms with Crippen LogP contribution in [0.1, 0.15) is 18.3 Å². The van der Waals surface area contributed by atoms with E-state index in [1.807, 2.05) is 55.7 Å². The molecular weight excluding hydrogens is 506 g/mol. The summed E-state index contributed by atoms with van der Waals surface area (Å²) in [5, 5.41) is 7.65. The Morgan fingerprint density at radius 1 is 1.13 bits per heavy atom. The number of rotatable bonds is 7. The van der Waals surface area contributed by atoms with Crippen molar-refractivity contribution in [1.82, 2.24) is 25.6 Å². The first-order valence-electron chi connectivity index (χ1n) is 10.1. The lowest BCUT2D eigenvalue weighted by molar-refractivity contribution is 0.629. The molecule has 0 saturated heterocycles. The SMILES string of the molecule is CCNC(=NCc1ncc(-c2ccccc2)[nH]1)NCCc1c[nH]c2cc(F)ccc12.I. The maximum absolute atomic E-state index is 13.3. The first kappa shape index (κ1) is 22.8. The number of fused-ring (bicyclic) bond motifs is 1. The van der Waals surface area contributed by atoms with Crippen LogP contribution in [0.5, 0.6) is 0 Å². The van der Waals surface area contributed by atoms with E-state index in [0.717, 1.165) is 52.5 Å². The minimum absolute atomic E-state index is 0. The van der Waals surface area contributed by atoms with E-state index in [2.05, 4.69) is 30.6 Å². The van der Waals surface area contributed by atoms with E-state index in [1.54, 1.807) is 0 Å². The van der Waals surface area contributed by atoms with Gasteiger partial charge in [-0.1, -0.05) is 30.3 Å². The normalized spacial score (nSPS) is 11.4. The average molecular weight is 532 g/mol. The number of aliphatic imine (C=N–C) groups is 1. The minimum atomic E-state index is -0.232. The Morgan fingerprint density at radius 2 is 1.97 bits per heavy atom. The number of nitrogens with one attached hydrogen (secondary N) is 4. The lowest BCUT2D eigenvalue weighted by Gasteiger charge is -2.10. The van der Waals surface area contributed by atoms with Crippen molar-refractivity contribution in [1.29, 1.82) is 0 Å². The molecule has 0 aliphatic carbocycles. The molecule has 0 bridgehead atoms. The predicted molar refractivity (Wildman–Crippen MR) is 134 cm³/mol. The van der Waals surface area contributed by atoms with Gasteiger partial charge in [0.2, 0.25) is 0 Å². The summed E-state index contributed by atoms with van der Waals surface area (Å²) >= 11 is 0. The zero-order valence-electron chi connectivity index (χ0n) is 17.3. The Balaban J connectivity index is 0.00000272. The molecule has 0 aliphatic rings. The summed E-state index contributed by atoms with van der Waals surface area (Å²) in [5.74, 6) is 1.31. The second-order valence-corrected chi connectivity index (χ2v) is 6.99. The molecular formula is C23H26FIN6. The third-order valence-electron chi connectivity index (χ3n) is 4.86. The Kier molecular flexibility index (Phi) is 8.05. The van der Waals surface area contributed by atoms with Crippen molar-refractivity contribution < 1.29 is 4.39 Å². The summed E-state index contributed by atoms with van der Waals surface area (Å²) in [7, 11) is 0. The van der Waals surface area contributed by atoms with Crippen molar-refractivity contribution in [3.63, 3.8) is 0 Å². The Bertz CT molecular complexity index is 1140. The highest BCUT2D eigenvalue weighted by Crippen LogP contribution is 2.19. The van der Waals surface area contributed by atoms with E-state index in [0.29, 0.717) is 13.1 Å². The van der Waals surface area contributed by atoms with Gasteiger partial charge in [0.1, 0.15) is 18.2 Å². The number of aromatic amines is 2. The van der Waals surface area contributed by atoms with Gasteiger partial charge >= 0.3 is 0 Å². The molecule has 31 heavy (non-hydrogen) atoms. The van der Waals surface area contributed by atoms with Gasteiger partial charge in [-0.2, -0.15) is 0 Å². The van der Waals surface area contributed by atoms with Crippen molar-refractivity contribution >= 4 is 40.8 Å². The summed E-state index contributed by atoms with van der Waals surface area (Å²) in [6, 6.07) is 14.9. The number of imidazole rings is 1. The number of benzene rings is 2. The number of hydrogen-bond acceptors (Lipinski definition) is 2. The second-order valence-electron chi connectivity index (χ2n) is 6.99. The van der Waals surface area contributed by atoms with Crippen LogP contribution >= 0.6 is 24.0 Å². The number of guanidine groups is 1. The molecule has 0 amide bonds. The quantitative estimate of drug-likeness (QED) is 0.160. The topological polar surface area (TPSA) is 80.9 Å². The summed E-state index contributed by atoms with van der Waals surface area (Å²) in [5.41, 5.74) is 4.04. The van der Waals surface area contributed by atoms with E-state index in [1.165, 1.54) is 12.1 Å². The van der Waals surface area contributed by atoms with Crippen molar-refractivity contribution in [2.24, 2.45) is 4.99 Å². The summed E-state index contributed by atoms with van der Waals surface area (Å²) in [6.45, 7) is 3.97. The zero-order chi connectivity index (χ0) is 20.8. The molecule has 4 rings (SSSR count). The highest BCUT2D eigenvalue weighted by molar-refractivity contribution is 14.0. The van der Waals surface area contributed by atoms with Gasteiger partial charge in [-0.15, -0.1) is 24.0 Å². The molecule has 0 unspecified atom stereocenters. The molecule has 0 radical (unpaired) electrons. The van der Waals surface area contributed by atoms with Gasteiger partial charge in [-0.25, -0.2) is 14.4 Å². The second kappa shape index (κ2) is 10.9. The molecule has 0 saturated carbocycles. The van der Waals surface area contributed by atoms with Crippen molar-refractivity contribution in [2.45, 2.75) is 19.9 Å². The molecule has 2 aromatic heterocycles. The average Bonchev–Trinajstić information content (AvgIpc) is 3.40. The number of nitrogens with zero attached hydrogens (tertiary/aromatic N) is 2.